The molecule has 3 saturated carbocycles. The lowest BCUT2D eigenvalue weighted by Gasteiger charge is -2.46. The van der Waals surface area contributed by atoms with E-state index in [9.17, 15) is 14.3 Å². The van der Waals surface area contributed by atoms with E-state index in [1.165, 1.54) is 50.7 Å². The monoisotopic (exact) mass is 422 g/mol. The summed E-state index contributed by atoms with van der Waals surface area (Å²) < 4.78 is 16.1. The van der Waals surface area contributed by atoms with Gasteiger partial charge in [-0.1, -0.05) is 0 Å². The molecule has 2 N–H and O–H groups in total. The van der Waals surface area contributed by atoms with Gasteiger partial charge in [-0.15, -0.1) is 0 Å². The summed E-state index contributed by atoms with van der Waals surface area (Å²) in [5.41, 5.74) is 1.41. The molecule has 3 fully saturated rings. The van der Waals surface area contributed by atoms with Gasteiger partial charge in [0.25, 0.3) is 5.91 Å². The summed E-state index contributed by atoms with van der Waals surface area (Å²) in [7, 11) is 0. The minimum Gasteiger partial charge on any atom is -0.395 e. The maximum absolute atomic E-state index is 13.8. The van der Waals surface area contributed by atoms with Crippen LogP contribution < -0.4 is 5.32 Å². The van der Waals surface area contributed by atoms with Crippen molar-refractivity contribution in [1.82, 2.24) is 9.88 Å². The van der Waals surface area contributed by atoms with Crippen molar-refractivity contribution in [2.24, 2.45) is 11.3 Å². The van der Waals surface area contributed by atoms with Crippen LogP contribution in [0.5, 0.6) is 0 Å². The van der Waals surface area contributed by atoms with Gasteiger partial charge < -0.3 is 15.0 Å². The fourth-order valence-corrected chi connectivity index (χ4v) is 5.41. The molecule has 3 aliphatic carbocycles. The zero-order chi connectivity index (χ0) is 18.3. The number of carbonyl (C=O) groups excluding carboxylic acids is 1. The number of aliphatic hydroxyl groups is 1. The molecule has 0 atom stereocenters. The van der Waals surface area contributed by atoms with Crippen LogP contribution in [0.2, 0.25) is 0 Å². The number of aromatic nitrogens is 1. The maximum atomic E-state index is 13.8. The number of amides is 1. The van der Waals surface area contributed by atoms with Gasteiger partial charge in [-0.25, -0.2) is 4.39 Å². The van der Waals surface area contributed by atoms with E-state index in [1.54, 1.807) is 10.8 Å². The van der Waals surface area contributed by atoms with Crippen LogP contribution in [0.25, 0.3) is 10.9 Å². The topological polar surface area (TPSA) is 54.3 Å². The van der Waals surface area contributed by atoms with E-state index in [0.717, 1.165) is 5.92 Å². The molecule has 1 aromatic carbocycles. The largest absolute Gasteiger partial charge is 0.395 e. The second-order valence-corrected chi connectivity index (χ2v) is 8.76. The van der Waals surface area contributed by atoms with Crippen LogP contribution in [0.4, 0.5) is 4.39 Å². The smallest absolute Gasteiger partial charge is 0.253 e. The van der Waals surface area contributed by atoms with Crippen molar-refractivity contribution < 1.29 is 14.3 Å². The standard InChI is InChI=1S/C20H24BrFN2O2/c21-16-9-14(22)10-17-18(16)15(11-24(17)7-8-25)19(26)23-12-20-4-1-13(2-5-20)3-6-20/h9-11,13,25H,1-8,12H2,(H,23,26). The molecule has 5 rings (SSSR count). The molecule has 1 heterocycles. The van der Waals surface area contributed by atoms with Crippen LogP contribution in [-0.4, -0.2) is 28.7 Å². The Balaban J connectivity index is 1.60. The summed E-state index contributed by atoms with van der Waals surface area (Å²) in [6, 6.07) is 2.79. The normalized spacial score (nSPS) is 25.0. The number of nitrogens with zero attached hydrogens (tertiary/aromatic N) is 1. The molecular weight excluding hydrogens is 399 g/mol. The number of aliphatic hydroxyl groups excluding tert-OH is 1. The number of fused-ring (bicyclic) bond motifs is 4. The molecule has 0 saturated heterocycles. The highest BCUT2D eigenvalue weighted by Crippen LogP contribution is 2.49. The molecule has 0 spiro atoms. The van der Waals surface area contributed by atoms with Crippen LogP contribution in [-0.2, 0) is 6.54 Å². The Morgan fingerprint density at radius 3 is 2.65 bits per heavy atom. The minimum absolute atomic E-state index is 0.0662. The first-order valence-electron chi connectivity index (χ1n) is 9.38. The van der Waals surface area contributed by atoms with Crippen molar-refractivity contribution in [2.45, 2.75) is 45.1 Å². The maximum Gasteiger partial charge on any atom is 0.253 e. The fourth-order valence-electron chi connectivity index (χ4n) is 4.78. The summed E-state index contributed by atoms with van der Waals surface area (Å²) >= 11 is 3.39. The molecule has 2 bridgehead atoms. The third kappa shape index (κ3) is 3.18. The Labute approximate surface area is 160 Å². The van der Waals surface area contributed by atoms with Crippen LogP contribution in [0.1, 0.15) is 48.9 Å². The number of hydrogen-bond donors (Lipinski definition) is 2. The summed E-state index contributed by atoms with van der Waals surface area (Å²) in [6.07, 6.45) is 9.21. The van der Waals surface area contributed by atoms with Gasteiger partial charge >= 0.3 is 0 Å². The van der Waals surface area contributed by atoms with Gasteiger partial charge in [0.2, 0.25) is 0 Å². The summed E-state index contributed by atoms with van der Waals surface area (Å²) in [4.78, 5) is 12.9. The molecule has 2 aromatic rings. The third-order valence-electron chi connectivity index (χ3n) is 6.36. The number of hydrogen-bond acceptors (Lipinski definition) is 2. The summed E-state index contributed by atoms with van der Waals surface area (Å²) in [5, 5.41) is 13.1. The Kier molecular flexibility index (Phi) is 4.82. The molecular formula is C20H24BrFN2O2. The Morgan fingerprint density at radius 2 is 2.00 bits per heavy atom. The molecule has 3 aliphatic rings. The van der Waals surface area contributed by atoms with Crippen molar-refractivity contribution in [3.05, 3.63) is 34.2 Å². The van der Waals surface area contributed by atoms with E-state index < -0.39 is 0 Å². The van der Waals surface area contributed by atoms with Crippen molar-refractivity contribution in [2.75, 3.05) is 13.2 Å². The van der Waals surface area contributed by atoms with E-state index in [0.29, 0.717) is 34.0 Å². The third-order valence-corrected chi connectivity index (χ3v) is 6.98. The van der Waals surface area contributed by atoms with Gasteiger partial charge in [0.1, 0.15) is 5.82 Å². The lowest BCUT2D eigenvalue weighted by Crippen LogP contribution is -2.43. The first kappa shape index (κ1) is 18.0. The zero-order valence-corrected chi connectivity index (χ0v) is 16.3. The predicted molar refractivity (Wildman–Crippen MR) is 103 cm³/mol. The van der Waals surface area contributed by atoms with Gasteiger partial charge in [0.05, 0.1) is 17.7 Å². The summed E-state index contributed by atoms with van der Waals surface area (Å²) in [5.74, 6) is 0.405. The van der Waals surface area contributed by atoms with E-state index in [4.69, 9.17) is 0 Å². The number of benzene rings is 1. The average Bonchev–Trinajstić information content (AvgIpc) is 3.00. The van der Waals surface area contributed by atoms with Gasteiger partial charge in [0.15, 0.2) is 0 Å². The summed E-state index contributed by atoms with van der Waals surface area (Å²) in [6.45, 7) is 0.971. The van der Waals surface area contributed by atoms with Gasteiger partial charge in [0, 0.05) is 29.1 Å². The molecule has 140 valence electrons. The molecule has 1 amide bonds. The van der Waals surface area contributed by atoms with E-state index in [-0.39, 0.29) is 23.7 Å². The molecule has 0 unspecified atom stereocenters. The lowest BCUT2D eigenvalue weighted by atomic mass is 9.61. The number of nitrogens with one attached hydrogen (secondary N) is 1. The zero-order valence-electron chi connectivity index (χ0n) is 14.7. The number of rotatable bonds is 5. The second-order valence-electron chi connectivity index (χ2n) is 7.91. The SMILES string of the molecule is O=C(NCC12CCC(CC1)CC2)c1cn(CCO)c2cc(F)cc(Br)c12. The van der Waals surface area contributed by atoms with Crippen LogP contribution in [0.15, 0.2) is 22.8 Å². The van der Waals surface area contributed by atoms with Crippen molar-refractivity contribution in [3.8, 4) is 0 Å². The van der Waals surface area contributed by atoms with Crippen LogP contribution in [0.3, 0.4) is 0 Å². The Morgan fingerprint density at radius 1 is 1.31 bits per heavy atom. The lowest BCUT2D eigenvalue weighted by molar-refractivity contribution is 0.0598. The molecule has 26 heavy (non-hydrogen) atoms. The number of halogens is 2. The second kappa shape index (κ2) is 6.97. The fraction of sp³-hybridized carbons (Fsp3) is 0.550. The molecule has 1 aromatic heterocycles. The first-order chi connectivity index (χ1) is 12.5. The van der Waals surface area contributed by atoms with Crippen molar-refractivity contribution in [3.63, 3.8) is 0 Å². The Bertz CT molecular complexity index is 826. The molecule has 0 radical (unpaired) electrons. The highest BCUT2D eigenvalue weighted by Gasteiger charge is 2.40. The predicted octanol–water partition coefficient (Wildman–Crippen LogP) is 4.24. The average molecular weight is 423 g/mol. The molecule has 4 nitrogen and oxygen atoms in total. The highest BCUT2D eigenvalue weighted by atomic mass is 79.9. The highest BCUT2D eigenvalue weighted by molar-refractivity contribution is 9.10. The van der Waals surface area contributed by atoms with Gasteiger partial charge in [-0.3, -0.25) is 4.79 Å². The molecule has 6 heteroatoms. The van der Waals surface area contributed by atoms with Gasteiger partial charge in [-0.05, 0) is 77.9 Å². The van der Waals surface area contributed by atoms with Crippen LogP contribution >= 0.6 is 15.9 Å². The van der Waals surface area contributed by atoms with Crippen molar-refractivity contribution in [1.29, 1.82) is 0 Å². The van der Waals surface area contributed by atoms with Crippen molar-refractivity contribution >= 4 is 32.7 Å². The molecule has 0 aliphatic heterocycles. The van der Waals surface area contributed by atoms with Gasteiger partial charge in [-0.2, -0.15) is 0 Å². The van der Waals surface area contributed by atoms with E-state index in [1.807, 2.05) is 0 Å². The van der Waals surface area contributed by atoms with E-state index >= 15 is 0 Å². The quantitative estimate of drug-likeness (QED) is 0.756. The number of carbonyl (C=O) groups is 1. The first-order valence-corrected chi connectivity index (χ1v) is 10.2. The Hall–Kier alpha value is -1.40. The van der Waals surface area contributed by atoms with E-state index in [2.05, 4.69) is 21.2 Å². The minimum atomic E-state index is -0.369. The van der Waals surface area contributed by atoms with Crippen LogP contribution in [0, 0.1) is 17.2 Å².